The summed E-state index contributed by atoms with van der Waals surface area (Å²) in [5, 5.41) is 11.0. The SMILES string of the molecule is N[C@@H]1CCc2c(Cl)cc(Cl)cc2[C@H]1O. The first kappa shape index (κ1) is 10.2. The van der Waals surface area contributed by atoms with Gasteiger partial charge in [0.15, 0.2) is 0 Å². The van der Waals surface area contributed by atoms with E-state index >= 15 is 0 Å². The smallest absolute Gasteiger partial charge is 0.0944 e. The maximum atomic E-state index is 9.84. The lowest BCUT2D eigenvalue weighted by Crippen LogP contribution is -2.33. The van der Waals surface area contributed by atoms with Crippen molar-refractivity contribution in [3.63, 3.8) is 0 Å². The van der Waals surface area contributed by atoms with Gasteiger partial charge in [-0.1, -0.05) is 23.2 Å². The van der Waals surface area contributed by atoms with Crippen molar-refractivity contribution < 1.29 is 5.11 Å². The molecule has 1 aliphatic rings. The number of benzene rings is 1. The van der Waals surface area contributed by atoms with E-state index in [0.29, 0.717) is 10.0 Å². The molecule has 1 aromatic rings. The number of rotatable bonds is 0. The minimum atomic E-state index is -0.644. The number of hydrogen-bond donors (Lipinski definition) is 2. The summed E-state index contributed by atoms with van der Waals surface area (Å²) >= 11 is 11.9. The molecule has 3 N–H and O–H groups in total. The molecule has 1 aromatic carbocycles. The Morgan fingerprint density at radius 3 is 2.79 bits per heavy atom. The molecule has 0 saturated carbocycles. The number of hydrogen-bond acceptors (Lipinski definition) is 2. The molecule has 0 aliphatic heterocycles. The first-order valence-corrected chi connectivity index (χ1v) is 5.26. The highest BCUT2D eigenvalue weighted by Crippen LogP contribution is 2.35. The first-order chi connectivity index (χ1) is 6.59. The van der Waals surface area contributed by atoms with Gasteiger partial charge in [-0.25, -0.2) is 0 Å². The highest BCUT2D eigenvalue weighted by atomic mass is 35.5. The molecule has 2 nitrogen and oxygen atoms in total. The van der Waals surface area contributed by atoms with Crippen LogP contribution in [0.3, 0.4) is 0 Å². The highest BCUT2D eigenvalue weighted by Gasteiger charge is 2.26. The summed E-state index contributed by atoms with van der Waals surface area (Å²) in [6.45, 7) is 0. The van der Waals surface area contributed by atoms with Crippen LogP contribution in [0.2, 0.25) is 10.0 Å². The van der Waals surface area contributed by atoms with Gasteiger partial charge >= 0.3 is 0 Å². The molecule has 0 radical (unpaired) electrons. The maximum absolute atomic E-state index is 9.84. The molecule has 0 bridgehead atoms. The molecule has 0 unspecified atom stereocenters. The molecule has 14 heavy (non-hydrogen) atoms. The second-order valence-electron chi connectivity index (χ2n) is 3.60. The van der Waals surface area contributed by atoms with E-state index in [0.717, 1.165) is 24.0 Å². The van der Waals surface area contributed by atoms with E-state index in [4.69, 9.17) is 28.9 Å². The largest absolute Gasteiger partial charge is 0.387 e. The third-order valence-corrected chi connectivity index (χ3v) is 3.20. The molecule has 2 rings (SSSR count). The minimum absolute atomic E-state index is 0.211. The van der Waals surface area contributed by atoms with Crippen LogP contribution in [0.4, 0.5) is 0 Å². The van der Waals surface area contributed by atoms with Crippen molar-refractivity contribution in [1.82, 2.24) is 0 Å². The predicted molar refractivity (Wildman–Crippen MR) is 57.7 cm³/mol. The normalized spacial score (nSPS) is 26.0. The van der Waals surface area contributed by atoms with Crippen LogP contribution in [0.1, 0.15) is 23.7 Å². The number of aliphatic hydroxyl groups is 1. The van der Waals surface area contributed by atoms with Gasteiger partial charge in [0.05, 0.1) is 6.10 Å². The van der Waals surface area contributed by atoms with Crippen molar-refractivity contribution in [2.45, 2.75) is 25.0 Å². The summed E-state index contributed by atoms with van der Waals surface area (Å²) in [5.41, 5.74) is 7.51. The molecule has 0 heterocycles. The van der Waals surface area contributed by atoms with E-state index in [1.165, 1.54) is 0 Å². The molecule has 1 aliphatic carbocycles. The Bertz CT molecular complexity index is 367. The fourth-order valence-electron chi connectivity index (χ4n) is 1.85. The lowest BCUT2D eigenvalue weighted by molar-refractivity contribution is 0.134. The Morgan fingerprint density at radius 2 is 2.07 bits per heavy atom. The lowest BCUT2D eigenvalue weighted by Gasteiger charge is -2.28. The quantitative estimate of drug-likeness (QED) is 0.720. The van der Waals surface area contributed by atoms with Crippen molar-refractivity contribution in [1.29, 1.82) is 0 Å². The van der Waals surface area contributed by atoms with Crippen LogP contribution in [-0.2, 0) is 6.42 Å². The second kappa shape index (κ2) is 3.70. The summed E-state index contributed by atoms with van der Waals surface area (Å²) in [6, 6.07) is 3.23. The van der Waals surface area contributed by atoms with Gasteiger partial charge in [0, 0.05) is 16.1 Å². The van der Waals surface area contributed by atoms with Crippen LogP contribution in [0, 0.1) is 0 Å². The zero-order chi connectivity index (χ0) is 10.3. The van der Waals surface area contributed by atoms with Crippen LogP contribution < -0.4 is 5.73 Å². The lowest BCUT2D eigenvalue weighted by atomic mass is 9.86. The van der Waals surface area contributed by atoms with Crippen LogP contribution in [0.25, 0.3) is 0 Å². The van der Waals surface area contributed by atoms with E-state index in [-0.39, 0.29) is 6.04 Å². The van der Waals surface area contributed by atoms with Gasteiger partial charge in [-0.2, -0.15) is 0 Å². The van der Waals surface area contributed by atoms with Crippen molar-refractivity contribution >= 4 is 23.2 Å². The Hall–Kier alpha value is -0.280. The van der Waals surface area contributed by atoms with E-state index in [1.54, 1.807) is 12.1 Å². The van der Waals surface area contributed by atoms with Crippen LogP contribution >= 0.6 is 23.2 Å². The second-order valence-corrected chi connectivity index (χ2v) is 4.45. The Morgan fingerprint density at radius 1 is 1.36 bits per heavy atom. The Kier molecular flexibility index (Phi) is 2.71. The number of aliphatic hydroxyl groups excluding tert-OH is 1. The Balaban J connectivity index is 2.54. The summed E-state index contributed by atoms with van der Waals surface area (Å²) in [4.78, 5) is 0. The summed E-state index contributed by atoms with van der Waals surface area (Å²) in [6.07, 6.45) is 0.925. The van der Waals surface area contributed by atoms with E-state index < -0.39 is 6.10 Å². The molecule has 0 saturated heterocycles. The molecule has 0 fully saturated rings. The molecule has 0 aromatic heterocycles. The zero-order valence-corrected chi connectivity index (χ0v) is 9.02. The molecule has 0 spiro atoms. The zero-order valence-electron chi connectivity index (χ0n) is 7.50. The number of halogens is 2. The summed E-state index contributed by atoms with van der Waals surface area (Å²) in [7, 11) is 0. The Labute approximate surface area is 92.6 Å². The van der Waals surface area contributed by atoms with Crippen molar-refractivity contribution in [3.05, 3.63) is 33.3 Å². The number of nitrogens with two attached hydrogens (primary N) is 1. The van der Waals surface area contributed by atoms with Crippen LogP contribution in [0.15, 0.2) is 12.1 Å². The standard InChI is InChI=1S/C10H11Cl2NO/c11-5-3-7-6(8(12)4-5)1-2-9(13)10(7)14/h3-4,9-10,14H,1-2,13H2/t9-,10-/m1/s1. The fourth-order valence-corrected chi connectivity index (χ4v) is 2.45. The molecule has 0 amide bonds. The van der Waals surface area contributed by atoms with Gasteiger partial charge in [-0.3, -0.25) is 0 Å². The van der Waals surface area contributed by atoms with Gasteiger partial charge in [-0.05, 0) is 36.1 Å². The minimum Gasteiger partial charge on any atom is -0.387 e. The third-order valence-electron chi connectivity index (χ3n) is 2.65. The average molecular weight is 232 g/mol. The summed E-state index contributed by atoms with van der Waals surface area (Å²) in [5.74, 6) is 0. The molecular weight excluding hydrogens is 221 g/mol. The molecule has 76 valence electrons. The van der Waals surface area contributed by atoms with Crippen molar-refractivity contribution in [2.75, 3.05) is 0 Å². The monoisotopic (exact) mass is 231 g/mol. The third kappa shape index (κ3) is 1.63. The van der Waals surface area contributed by atoms with Gasteiger partial charge in [0.1, 0.15) is 0 Å². The van der Waals surface area contributed by atoms with Crippen molar-refractivity contribution in [3.8, 4) is 0 Å². The van der Waals surface area contributed by atoms with Crippen LogP contribution in [0.5, 0.6) is 0 Å². The first-order valence-electron chi connectivity index (χ1n) is 4.51. The van der Waals surface area contributed by atoms with Gasteiger partial charge in [-0.15, -0.1) is 0 Å². The van der Waals surface area contributed by atoms with Gasteiger partial charge < -0.3 is 10.8 Å². The molecule has 2 atom stereocenters. The van der Waals surface area contributed by atoms with Crippen LogP contribution in [-0.4, -0.2) is 11.1 Å². The van der Waals surface area contributed by atoms with Gasteiger partial charge in [0.2, 0.25) is 0 Å². The number of fused-ring (bicyclic) bond motifs is 1. The molecular formula is C10H11Cl2NO. The maximum Gasteiger partial charge on any atom is 0.0944 e. The van der Waals surface area contributed by atoms with E-state index in [2.05, 4.69) is 0 Å². The summed E-state index contributed by atoms with van der Waals surface area (Å²) < 4.78 is 0. The van der Waals surface area contributed by atoms with Gasteiger partial charge in [0.25, 0.3) is 0 Å². The van der Waals surface area contributed by atoms with Crippen molar-refractivity contribution in [2.24, 2.45) is 5.73 Å². The predicted octanol–water partition coefficient (Wildman–Crippen LogP) is 2.30. The fraction of sp³-hybridized carbons (Fsp3) is 0.400. The van der Waals surface area contributed by atoms with E-state index in [1.807, 2.05) is 0 Å². The highest BCUT2D eigenvalue weighted by molar-refractivity contribution is 6.35. The van der Waals surface area contributed by atoms with E-state index in [9.17, 15) is 5.11 Å². The average Bonchev–Trinajstić information content (AvgIpc) is 2.12. The molecule has 4 heteroatoms. The topological polar surface area (TPSA) is 46.2 Å².